The molecule has 78 valence electrons. The van der Waals surface area contributed by atoms with Crippen LogP contribution in [0, 0.1) is 3.57 Å². The van der Waals surface area contributed by atoms with Gasteiger partial charge in [0.15, 0.2) is 0 Å². The topological polar surface area (TPSA) is 49.7 Å². The summed E-state index contributed by atoms with van der Waals surface area (Å²) in [6, 6.07) is 7.68. The molecule has 0 fully saturated rings. The summed E-state index contributed by atoms with van der Waals surface area (Å²) in [4.78, 5) is 0. The van der Waals surface area contributed by atoms with Crippen molar-refractivity contribution in [3.05, 3.63) is 27.8 Å². The van der Waals surface area contributed by atoms with E-state index >= 15 is 0 Å². The molecule has 0 amide bonds. The van der Waals surface area contributed by atoms with Gasteiger partial charge in [0.2, 0.25) is 0 Å². The van der Waals surface area contributed by atoms with Gasteiger partial charge in [0.05, 0.1) is 19.3 Å². The number of ether oxygens (including phenoxy) is 1. The Bertz CT molecular complexity index is 261. The van der Waals surface area contributed by atoms with Crippen molar-refractivity contribution in [3.8, 4) is 5.75 Å². The number of hydrogen-bond acceptors (Lipinski definition) is 3. The van der Waals surface area contributed by atoms with Gasteiger partial charge < -0.3 is 14.9 Å². The van der Waals surface area contributed by atoms with Crippen molar-refractivity contribution >= 4 is 22.6 Å². The van der Waals surface area contributed by atoms with E-state index in [1.807, 2.05) is 24.3 Å². The average molecular weight is 308 g/mol. The summed E-state index contributed by atoms with van der Waals surface area (Å²) >= 11 is 2.22. The first kappa shape index (κ1) is 11.7. The van der Waals surface area contributed by atoms with Gasteiger partial charge in [-0.05, 0) is 46.9 Å². The molecule has 0 spiro atoms. The Morgan fingerprint density at radius 2 is 1.93 bits per heavy atom. The van der Waals surface area contributed by atoms with Crippen LogP contribution in [-0.2, 0) is 0 Å². The zero-order valence-electron chi connectivity index (χ0n) is 7.69. The Morgan fingerprint density at radius 3 is 2.50 bits per heavy atom. The number of hydrogen-bond donors (Lipinski definition) is 2. The highest BCUT2D eigenvalue weighted by Gasteiger charge is 2.01. The number of aliphatic hydroxyl groups excluding tert-OH is 2. The Hall–Kier alpha value is -0.330. The molecule has 0 radical (unpaired) electrons. The molecular weight excluding hydrogens is 295 g/mol. The smallest absolute Gasteiger partial charge is 0.119 e. The maximum Gasteiger partial charge on any atom is 0.119 e. The van der Waals surface area contributed by atoms with Gasteiger partial charge in [-0.1, -0.05) is 0 Å². The van der Waals surface area contributed by atoms with Crippen LogP contribution in [0.3, 0.4) is 0 Å². The van der Waals surface area contributed by atoms with Crippen LogP contribution in [0.5, 0.6) is 5.75 Å². The van der Waals surface area contributed by atoms with Crippen molar-refractivity contribution < 1.29 is 14.9 Å². The molecule has 4 heteroatoms. The minimum absolute atomic E-state index is 0.212. The third kappa shape index (κ3) is 4.26. The van der Waals surface area contributed by atoms with E-state index in [1.165, 1.54) is 0 Å². The lowest BCUT2D eigenvalue weighted by molar-refractivity contribution is 0.0754. The molecule has 0 heterocycles. The normalized spacial score (nSPS) is 12.5. The highest BCUT2D eigenvalue weighted by atomic mass is 127. The standard InChI is InChI=1S/C10H13IO3/c11-8-1-3-10(4-2-8)14-6-5-9(13)7-12/h1-4,9,12-13H,5-7H2/t9-/m0/s1. The van der Waals surface area contributed by atoms with Gasteiger partial charge in [-0.2, -0.15) is 0 Å². The van der Waals surface area contributed by atoms with E-state index in [1.54, 1.807) is 0 Å². The molecule has 0 aromatic heterocycles. The Labute approximate surface area is 96.9 Å². The van der Waals surface area contributed by atoms with E-state index in [2.05, 4.69) is 22.6 Å². The minimum atomic E-state index is -0.682. The molecule has 1 aromatic carbocycles. The Balaban J connectivity index is 2.28. The number of halogens is 1. The molecule has 0 aliphatic heterocycles. The monoisotopic (exact) mass is 308 g/mol. The Morgan fingerprint density at radius 1 is 1.29 bits per heavy atom. The molecule has 0 saturated heterocycles. The predicted octanol–water partition coefficient (Wildman–Crippen LogP) is 1.41. The first-order chi connectivity index (χ1) is 6.72. The van der Waals surface area contributed by atoms with Crippen molar-refractivity contribution in [2.45, 2.75) is 12.5 Å². The van der Waals surface area contributed by atoms with Crippen LogP contribution in [0.25, 0.3) is 0 Å². The van der Waals surface area contributed by atoms with Crippen molar-refractivity contribution in [2.75, 3.05) is 13.2 Å². The van der Waals surface area contributed by atoms with Crippen LogP contribution in [0.2, 0.25) is 0 Å². The number of benzene rings is 1. The van der Waals surface area contributed by atoms with Crippen LogP contribution < -0.4 is 4.74 Å². The SMILES string of the molecule is OC[C@@H](O)CCOc1ccc(I)cc1. The predicted molar refractivity (Wildman–Crippen MR) is 62.4 cm³/mol. The van der Waals surface area contributed by atoms with Crippen molar-refractivity contribution in [2.24, 2.45) is 0 Å². The average Bonchev–Trinajstić information content (AvgIpc) is 2.21. The second-order valence-corrected chi connectivity index (χ2v) is 4.17. The van der Waals surface area contributed by atoms with Crippen LogP contribution >= 0.6 is 22.6 Å². The van der Waals surface area contributed by atoms with Gasteiger partial charge >= 0.3 is 0 Å². The van der Waals surface area contributed by atoms with Gasteiger partial charge in [0.1, 0.15) is 5.75 Å². The molecule has 1 aromatic rings. The highest BCUT2D eigenvalue weighted by molar-refractivity contribution is 14.1. The summed E-state index contributed by atoms with van der Waals surface area (Å²) in [5.41, 5.74) is 0. The fourth-order valence-electron chi connectivity index (χ4n) is 0.935. The first-order valence-corrected chi connectivity index (χ1v) is 5.47. The lowest BCUT2D eigenvalue weighted by Gasteiger charge is -2.08. The number of rotatable bonds is 5. The van der Waals surface area contributed by atoms with E-state index in [0.717, 1.165) is 9.32 Å². The van der Waals surface area contributed by atoms with Gasteiger partial charge in [-0.3, -0.25) is 0 Å². The lowest BCUT2D eigenvalue weighted by atomic mass is 10.3. The molecular formula is C10H13IO3. The summed E-state index contributed by atoms with van der Waals surface area (Å²) in [5.74, 6) is 0.788. The molecule has 0 unspecified atom stereocenters. The van der Waals surface area contributed by atoms with E-state index in [-0.39, 0.29) is 6.61 Å². The summed E-state index contributed by atoms with van der Waals surface area (Å²) in [6.45, 7) is 0.207. The van der Waals surface area contributed by atoms with Crippen molar-refractivity contribution in [3.63, 3.8) is 0 Å². The van der Waals surface area contributed by atoms with Crippen LogP contribution in [0.4, 0.5) is 0 Å². The van der Waals surface area contributed by atoms with Crippen molar-refractivity contribution in [1.82, 2.24) is 0 Å². The van der Waals surface area contributed by atoms with E-state index in [4.69, 9.17) is 14.9 Å². The van der Waals surface area contributed by atoms with Crippen LogP contribution in [0.1, 0.15) is 6.42 Å². The maximum atomic E-state index is 9.05. The van der Waals surface area contributed by atoms with E-state index < -0.39 is 6.10 Å². The van der Waals surface area contributed by atoms with Gasteiger partial charge in [0, 0.05) is 9.99 Å². The molecule has 0 bridgehead atoms. The highest BCUT2D eigenvalue weighted by Crippen LogP contribution is 2.13. The van der Waals surface area contributed by atoms with Gasteiger partial charge in [0.25, 0.3) is 0 Å². The molecule has 0 saturated carbocycles. The molecule has 0 aliphatic carbocycles. The van der Waals surface area contributed by atoms with E-state index in [0.29, 0.717) is 13.0 Å². The first-order valence-electron chi connectivity index (χ1n) is 4.39. The zero-order chi connectivity index (χ0) is 10.4. The third-order valence-electron chi connectivity index (χ3n) is 1.74. The molecule has 2 N–H and O–H groups in total. The second-order valence-electron chi connectivity index (χ2n) is 2.93. The quantitative estimate of drug-likeness (QED) is 0.809. The van der Waals surface area contributed by atoms with Crippen LogP contribution in [0.15, 0.2) is 24.3 Å². The summed E-state index contributed by atoms with van der Waals surface area (Å²) in [7, 11) is 0. The zero-order valence-corrected chi connectivity index (χ0v) is 9.85. The molecule has 14 heavy (non-hydrogen) atoms. The lowest BCUT2D eigenvalue weighted by Crippen LogP contribution is -2.15. The number of aliphatic hydroxyl groups is 2. The largest absolute Gasteiger partial charge is 0.493 e. The van der Waals surface area contributed by atoms with Gasteiger partial charge in [-0.15, -0.1) is 0 Å². The van der Waals surface area contributed by atoms with Gasteiger partial charge in [-0.25, -0.2) is 0 Å². The van der Waals surface area contributed by atoms with Crippen LogP contribution in [-0.4, -0.2) is 29.5 Å². The summed E-state index contributed by atoms with van der Waals surface area (Å²) in [6.07, 6.45) is -0.235. The third-order valence-corrected chi connectivity index (χ3v) is 2.46. The fraction of sp³-hybridized carbons (Fsp3) is 0.400. The van der Waals surface area contributed by atoms with E-state index in [9.17, 15) is 0 Å². The molecule has 0 aliphatic rings. The molecule has 1 rings (SSSR count). The maximum absolute atomic E-state index is 9.05. The minimum Gasteiger partial charge on any atom is -0.493 e. The molecule has 1 atom stereocenters. The summed E-state index contributed by atoms with van der Waals surface area (Å²) in [5, 5.41) is 17.6. The summed E-state index contributed by atoms with van der Waals surface area (Å²) < 4.78 is 6.52. The Kier molecular flexibility index (Phi) is 5.21. The fourth-order valence-corrected chi connectivity index (χ4v) is 1.29. The molecule has 3 nitrogen and oxygen atoms in total. The van der Waals surface area contributed by atoms with Crippen molar-refractivity contribution in [1.29, 1.82) is 0 Å². The second kappa shape index (κ2) is 6.21.